The van der Waals surface area contributed by atoms with Crippen molar-refractivity contribution in [2.75, 3.05) is 26.4 Å². The zero-order chi connectivity index (χ0) is 52.4. The molecule has 0 spiro atoms. The molecule has 0 radical (unpaired) electrons. The maximum Gasteiger partial charge on any atom is 0.472 e. The molecule has 72 heavy (non-hydrogen) atoms. The number of esters is 2. The fraction of sp³-hybridized carbons (Fsp3) is 0.968. The van der Waals surface area contributed by atoms with Crippen LogP contribution in [0.2, 0.25) is 0 Å². The summed E-state index contributed by atoms with van der Waals surface area (Å²) in [5.74, 6) is -0.799. The minimum absolute atomic E-state index is 0.0587. The van der Waals surface area contributed by atoms with E-state index in [4.69, 9.17) is 24.3 Å². The predicted octanol–water partition coefficient (Wildman–Crippen LogP) is 20.2. The van der Waals surface area contributed by atoms with Crippen LogP contribution in [-0.2, 0) is 32.7 Å². The number of hydrogen-bond donors (Lipinski definition) is 2. The summed E-state index contributed by atoms with van der Waals surface area (Å²) in [6, 6.07) is 0. The van der Waals surface area contributed by atoms with Crippen LogP contribution in [-0.4, -0.2) is 49.3 Å². The Balaban J connectivity index is 3.85. The Morgan fingerprint density at radius 3 is 0.847 bits per heavy atom. The summed E-state index contributed by atoms with van der Waals surface area (Å²) in [6.07, 6.45) is 67.5. The molecular weight excluding hydrogens is 918 g/mol. The molecule has 0 aromatic rings. The molecule has 2 unspecified atom stereocenters. The third-order valence-corrected chi connectivity index (χ3v) is 15.7. The standard InChI is InChI=1S/C62H124NO8P/c1-3-5-7-9-11-13-15-17-19-21-23-25-27-29-31-33-35-37-39-41-43-45-47-49-51-53-55-62(65)71-60(59-70-72(66,67)69-57-56-63)58-68-61(64)54-52-50-48-46-44-42-40-38-36-34-32-30-28-26-24-22-20-18-16-14-12-10-8-6-4-2/h60H,3-59,63H2,1-2H3,(H,66,67). The lowest BCUT2D eigenvalue weighted by Crippen LogP contribution is -2.29. The van der Waals surface area contributed by atoms with Gasteiger partial charge < -0.3 is 20.1 Å². The van der Waals surface area contributed by atoms with Gasteiger partial charge >= 0.3 is 19.8 Å². The van der Waals surface area contributed by atoms with Gasteiger partial charge in [0.05, 0.1) is 13.2 Å². The first kappa shape index (κ1) is 71.0. The van der Waals surface area contributed by atoms with E-state index in [2.05, 4.69) is 13.8 Å². The first-order valence-corrected chi connectivity index (χ1v) is 33.5. The summed E-state index contributed by atoms with van der Waals surface area (Å²) in [5.41, 5.74) is 5.39. The van der Waals surface area contributed by atoms with E-state index in [-0.39, 0.29) is 32.1 Å². The molecule has 0 rings (SSSR count). The molecule has 0 aliphatic heterocycles. The quantitative estimate of drug-likeness (QED) is 0.0347. The van der Waals surface area contributed by atoms with Crippen LogP contribution in [0.1, 0.15) is 354 Å². The lowest BCUT2D eigenvalue weighted by Gasteiger charge is -2.19. The van der Waals surface area contributed by atoms with Crippen LogP contribution in [0.5, 0.6) is 0 Å². The Morgan fingerprint density at radius 1 is 0.361 bits per heavy atom. The molecule has 0 saturated heterocycles. The third-order valence-electron chi connectivity index (χ3n) is 14.7. The SMILES string of the molecule is CCCCCCCCCCCCCCCCCCCCCCCCCCCCC(=O)OC(COC(=O)CCCCCCCCCCCCCCCCCCCCCCCCCCC)COP(=O)(O)OCCN. The van der Waals surface area contributed by atoms with Crippen molar-refractivity contribution in [2.45, 2.75) is 360 Å². The number of rotatable bonds is 62. The van der Waals surface area contributed by atoms with Gasteiger partial charge in [0.15, 0.2) is 6.10 Å². The molecule has 3 N–H and O–H groups in total. The molecule has 0 amide bonds. The van der Waals surface area contributed by atoms with Crippen LogP contribution in [0, 0.1) is 0 Å². The zero-order valence-corrected chi connectivity index (χ0v) is 49.1. The van der Waals surface area contributed by atoms with E-state index in [1.807, 2.05) is 0 Å². The Bertz CT molecular complexity index is 1140. The fourth-order valence-electron chi connectivity index (χ4n) is 10.00. The second-order valence-corrected chi connectivity index (χ2v) is 23.5. The lowest BCUT2D eigenvalue weighted by atomic mass is 10.0. The number of phosphoric acid groups is 1. The van der Waals surface area contributed by atoms with Gasteiger partial charge in [-0.05, 0) is 12.8 Å². The minimum Gasteiger partial charge on any atom is -0.462 e. The van der Waals surface area contributed by atoms with Crippen LogP contribution in [0.3, 0.4) is 0 Å². The van der Waals surface area contributed by atoms with Crippen LogP contribution in [0.4, 0.5) is 0 Å². The molecule has 0 aliphatic carbocycles. The molecule has 0 fully saturated rings. The zero-order valence-electron chi connectivity index (χ0n) is 48.2. The van der Waals surface area contributed by atoms with Gasteiger partial charge in [-0.3, -0.25) is 18.6 Å². The average molecular weight is 1040 g/mol. The van der Waals surface area contributed by atoms with E-state index >= 15 is 0 Å². The van der Waals surface area contributed by atoms with Crippen molar-refractivity contribution in [1.29, 1.82) is 0 Å². The van der Waals surface area contributed by atoms with Crippen LogP contribution < -0.4 is 5.73 Å². The van der Waals surface area contributed by atoms with Gasteiger partial charge in [-0.2, -0.15) is 0 Å². The van der Waals surface area contributed by atoms with Crippen molar-refractivity contribution < 1.29 is 37.6 Å². The number of carbonyl (C=O) groups excluding carboxylic acids is 2. The topological polar surface area (TPSA) is 134 Å². The van der Waals surface area contributed by atoms with E-state index in [9.17, 15) is 19.0 Å². The highest BCUT2D eigenvalue weighted by Crippen LogP contribution is 2.43. The first-order valence-electron chi connectivity index (χ1n) is 32.0. The second-order valence-electron chi connectivity index (χ2n) is 22.0. The van der Waals surface area contributed by atoms with Crippen molar-refractivity contribution in [3.63, 3.8) is 0 Å². The molecule has 0 heterocycles. The summed E-state index contributed by atoms with van der Waals surface area (Å²) in [7, 11) is -4.38. The van der Waals surface area contributed by atoms with Crippen molar-refractivity contribution in [1.82, 2.24) is 0 Å². The maximum atomic E-state index is 12.7. The Kier molecular flexibility index (Phi) is 58.4. The van der Waals surface area contributed by atoms with Crippen LogP contribution >= 0.6 is 7.82 Å². The molecule has 0 aliphatic rings. The second kappa shape index (κ2) is 59.3. The molecule has 430 valence electrons. The van der Waals surface area contributed by atoms with E-state index < -0.39 is 26.5 Å². The first-order chi connectivity index (χ1) is 35.3. The summed E-state index contributed by atoms with van der Waals surface area (Å²) >= 11 is 0. The van der Waals surface area contributed by atoms with Gasteiger partial charge in [0.25, 0.3) is 0 Å². The smallest absolute Gasteiger partial charge is 0.462 e. The summed E-state index contributed by atoms with van der Waals surface area (Å²) in [6.45, 7) is 3.84. The Morgan fingerprint density at radius 2 is 0.597 bits per heavy atom. The Hall–Kier alpha value is -0.990. The highest BCUT2D eigenvalue weighted by atomic mass is 31.2. The van der Waals surface area contributed by atoms with Gasteiger partial charge in [-0.1, -0.05) is 328 Å². The monoisotopic (exact) mass is 1040 g/mol. The molecule has 0 saturated carbocycles. The van der Waals surface area contributed by atoms with E-state index in [1.165, 1.54) is 289 Å². The molecule has 9 nitrogen and oxygen atoms in total. The average Bonchev–Trinajstić information content (AvgIpc) is 3.37. The number of carbonyl (C=O) groups is 2. The number of ether oxygens (including phenoxy) is 2. The molecule has 2 atom stereocenters. The normalized spacial score (nSPS) is 12.9. The van der Waals surface area contributed by atoms with E-state index in [1.54, 1.807) is 0 Å². The minimum atomic E-state index is -4.38. The Labute approximate surface area is 447 Å². The molecule has 10 heteroatoms. The number of nitrogens with two attached hydrogens (primary N) is 1. The maximum absolute atomic E-state index is 12.7. The number of unbranched alkanes of at least 4 members (excludes halogenated alkanes) is 49. The third kappa shape index (κ3) is 58.3. The highest BCUT2D eigenvalue weighted by molar-refractivity contribution is 7.47. The van der Waals surface area contributed by atoms with Gasteiger partial charge in [0.1, 0.15) is 6.61 Å². The van der Waals surface area contributed by atoms with Crippen molar-refractivity contribution in [3.05, 3.63) is 0 Å². The van der Waals surface area contributed by atoms with Crippen LogP contribution in [0.15, 0.2) is 0 Å². The number of hydrogen-bond acceptors (Lipinski definition) is 8. The van der Waals surface area contributed by atoms with Gasteiger partial charge in [-0.25, -0.2) is 4.57 Å². The van der Waals surface area contributed by atoms with Crippen molar-refractivity contribution in [2.24, 2.45) is 5.73 Å². The van der Waals surface area contributed by atoms with Crippen LogP contribution in [0.25, 0.3) is 0 Å². The van der Waals surface area contributed by atoms with Crippen molar-refractivity contribution >= 4 is 19.8 Å². The van der Waals surface area contributed by atoms with Gasteiger partial charge in [0.2, 0.25) is 0 Å². The van der Waals surface area contributed by atoms with Gasteiger partial charge in [0, 0.05) is 19.4 Å². The molecule has 0 aromatic heterocycles. The van der Waals surface area contributed by atoms with E-state index in [0.717, 1.165) is 32.1 Å². The molecule has 0 bridgehead atoms. The summed E-state index contributed by atoms with van der Waals surface area (Å²) in [5, 5.41) is 0. The largest absolute Gasteiger partial charge is 0.472 e. The van der Waals surface area contributed by atoms with Gasteiger partial charge in [-0.15, -0.1) is 0 Å². The number of phosphoric ester groups is 1. The van der Waals surface area contributed by atoms with Crippen molar-refractivity contribution in [3.8, 4) is 0 Å². The summed E-state index contributed by atoms with van der Waals surface area (Å²) < 4.78 is 33.1. The predicted molar refractivity (Wildman–Crippen MR) is 308 cm³/mol. The molecule has 0 aromatic carbocycles. The van der Waals surface area contributed by atoms with E-state index in [0.29, 0.717) is 12.8 Å². The molecular formula is C62H124NO8P. The lowest BCUT2D eigenvalue weighted by molar-refractivity contribution is -0.161. The summed E-state index contributed by atoms with van der Waals surface area (Å²) in [4.78, 5) is 35.3. The highest BCUT2D eigenvalue weighted by Gasteiger charge is 2.26. The fourth-order valence-corrected chi connectivity index (χ4v) is 10.8.